The highest BCUT2D eigenvalue weighted by Gasteiger charge is 2.37. The molecule has 1 aromatic heterocycles. The molecule has 0 saturated heterocycles. The van der Waals surface area contributed by atoms with Gasteiger partial charge >= 0.3 is 0 Å². The highest BCUT2D eigenvalue weighted by molar-refractivity contribution is 7.80. The van der Waals surface area contributed by atoms with Gasteiger partial charge in [-0.3, -0.25) is 4.79 Å². The van der Waals surface area contributed by atoms with E-state index in [1.165, 1.54) is 12.1 Å². The molecule has 0 saturated carbocycles. The minimum atomic E-state index is -0.991. The van der Waals surface area contributed by atoms with Crippen molar-refractivity contribution in [2.45, 2.75) is 19.4 Å². The Labute approximate surface area is 142 Å². The lowest BCUT2D eigenvalue weighted by Crippen LogP contribution is -2.35. The summed E-state index contributed by atoms with van der Waals surface area (Å²) < 4.78 is 11.5. The number of aromatic nitrogens is 2. The number of nitrogens with one attached hydrogen (secondary N) is 1. The third-order valence-corrected chi connectivity index (χ3v) is 3.76. The van der Waals surface area contributed by atoms with Gasteiger partial charge in [-0.1, -0.05) is 12.2 Å². The molecular formula is C16H15N3O4S. The van der Waals surface area contributed by atoms with Crippen LogP contribution in [0.2, 0.25) is 0 Å². The Morgan fingerprint density at radius 3 is 2.75 bits per heavy atom. The molecule has 1 aromatic carbocycles. The summed E-state index contributed by atoms with van der Waals surface area (Å²) in [5, 5.41) is 16.6. The number of thiocarbonyl (C=S) groups is 1. The van der Waals surface area contributed by atoms with Crippen molar-refractivity contribution < 1.29 is 14.6 Å². The van der Waals surface area contributed by atoms with Crippen LogP contribution in [0.15, 0.2) is 40.9 Å². The molecule has 0 radical (unpaired) electrons. The summed E-state index contributed by atoms with van der Waals surface area (Å²) in [5.41, 5.74) is 5.42. The quantitative estimate of drug-likeness (QED) is 0.728. The van der Waals surface area contributed by atoms with E-state index in [-0.39, 0.29) is 27.9 Å². The summed E-state index contributed by atoms with van der Waals surface area (Å²) in [7, 11) is 0. The number of nitrogens with zero attached hydrogens (tertiary/aromatic N) is 1. The zero-order valence-electron chi connectivity index (χ0n) is 13.0. The molecule has 124 valence electrons. The Morgan fingerprint density at radius 1 is 1.38 bits per heavy atom. The summed E-state index contributed by atoms with van der Waals surface area (Å²) in [5.74, 6) is 0.694. The summed E-state index contributed by atoms with van der Waals surface area (Å²) >= 11 is 4.99. The number of aliphatic hydroxyl groups excluding tert-OH is 1. The molecule has 7 nitrogen and oxygen atoms in total. The van der Waals surface area contributed by atoms with Crippen molar-refractivity contribution in [3.8, 4) is 11.6 Å². The smallest absolute Gasteiger partial charge is 0.264 e. The van der Waals surface area contributed by atoms with Crippen LogP contribution in [0.4, 0.5) is 0 Å². The minimum absolute atomic E-state index is 0.108. The Kier molecular flexibility index (Phi) is 3.76. The van der Waals surface area contributed by atoms with E-state index in [0.29, 0.717) is 16.9 Å². The highest BCUT2D eigenvalue weighted by atomic mass is 32.1. The van der Waals surface area contributed by atoms with E-state index in [1.807, 2.05) is 0 Å². The number of aliphatic hydroxyl groups is 1. The second kappa shape index (κ2) is 5.64. The van der Waals surface area contributed by atoms with Crippen molar-refractivity contribution >= 4 is 23.0 Å². The largest absolute Gasteiger partial charge is 0.505 e. The predicted octanol–water partition coefficient (Wildman–Crippen LogP) is 1.88. The van der Waals surface area contributed by atoms with Gasteiger partial charge in [-0.15, -0.1) is 5.10 Å². The number of rotatable bonds is 3. The number of nitrogens with two attached hydrogens (primary N) is 1. The summed E-state index contributed by atoms with van der Waals surface area (Å²) in [6, 6.07) is 7.79. The van der Waals surface area contributed by atoms with Gasteiger partial charge in [0.25, 0.3) is 5.56 Å². The van der Waals surface area contributed by atoms with E-state index in [9.17, 15) is 9.90 Å². The van der Waals surface area contributed by atoms with Crippen molar-refractivity contribution in [3.05, 3.63) is 57.6 Å². The molecule has 0 spiro atoms. The first-order valence-corrected chi connectivity index (χ1v) is 7.49. The van der Waals surface area contributed by atoms with Crippen LogP contribution in [0.1, 0.15) is 25.0 Å². The van der Waals surface area contributed by atoms with Gasteiger partial charge in [-0.2, -0.15) is 0 Å². The molecule has 4 N–H and O–H groups in total. The van der Waals surface area contributed by atoms with Crippen LogP contribution in [0.3, 0.4) is 0 Å². The number of hydrogen-bond donors (Lipinski definition) is 3. The molecule has 24 heavy (non-hydrogen) atoms. The maximum Gasteiger partial charge on any atom is 0.264 e. The Hall–Kier alpha value is -2.87. The minimum Gasteiger partial charge on any atom is -0.505 e. The maximum absolute atomic E-state index is 11.1. The fourth-order valence-electron chi connectivity index (χ4n) is 2.27. The second-order valence-corrected chi connectivity index (χ2v) is 6.17. The van der Waals surface area contributed by atoms with Gasteiger partial charge in [0.05, 0.1) is 5.56 Å². The monoisotopic (exact) mass is 345 g/mol. The van der Waals surface area contributed by atoms with E-state index < -0.39 is 5.60 Å². The van der Waals surface area contributed by atoms with Crippen LogP contribution in [0.5, 0.6) is 11.6 Å². The lowest BCUT2D eigenvalue weighted by Gasteiger charge is -2.33. The van der Waals surface area contributed by atoms with E-state index in [2.05, 4.69) is 10.2 Å². The third kappa shape index (κ3) is 2.83. The third-order valence-electron chi connectivity index (χ3n) is 3.52. The van der Waals surface area contributed by atoms with Gasteiger partial charge in [0.15, 0.2) is 17.1 Å². The molecule has 2 aromatic rings. The zero-order valence-corrected chi connectivity index (χ0v) is 13.8. The second-order valence-electron chi connectivity index (χ2n) is 5.73. The Bertz CT molecular complexity index is 897. The van der Waals surface area contributed by atoms with Crippen LogP contribution >= 0.6 is 12.2 Å². The number of H-pyrrole nitrogens is 1. The van der Waals surface area contributed by atoms with Gasteiger partial charge in [0.2, 0.25) is 5.88 Å². The van der Waals surface area contributed by atoms with Crippen molar-refractivity contribution in [1.82, 2.24) is 10.2 Å². The number of aromatic amines is 1. The van der Waals surface area contributed by atoms with Crippen LogP contribution in [0, 0.1) is 0 Å². The van der Waals surface area contributed by atoms with E-state index in [1.54, 1.807) is 32.0 Å². The molecule has 8 heteroatoms. The van der Waals surface area contributed by atoms with Crippen LogP contribution in [0.25, 0.3) is 5.76 Å². The first-order valence-electron chi connectivity index (χ1n) is 7.08. The summed E-state index contributed by atoms with van der Waals surface area (Å²) in [4.78, 5) is 11.3. The fraction of sp³-hybridized carbons (Fsp3) is 0.188. The van der Waals surface area contributed by atoms with Crippen molar-refractivity contribution in [2.75, 3.05) is 0 Å². The lowest BCUT2D eigenvalue weighted by molar-refractivity contribution is 0.0865. The van der Waals surface area contributed by atoms with Crippen LogP contribution in [-0.2, 0) is 0 Å². The average Bonchev–Trinajstić information content (AvgIpc) is 2.53. The molecule has 0 amide bonds. The van der Waals surface area contributed by atoms with Gasteiger partial charge in [0.1, 0.15) is 10.7 Å². The number of fused-ring (bicyclic) bond motifs is 1. The average molecular weight is 345 g/mol. The number of ether oxygens (including phenoxy) is 2. The first-order chi connectivity index (χ1) is 11.3. The van der Waals surface area contributed by atoms with Crippen LogP contribution < -0.4 is 20.8 Å². The van der Waals surface area contributed by atoms with Crippen molar-refractivity contribution in [3.63, 3.8) is 0 Å². The van der Waals surface area contributed by atoms with E-state index in [4.69, 9.17) is 27.4 Å². The van der Waals surface area contributed by atoms with Gasteiger partial charge < -0.3 is 20.3 Å². The van der Waals surface area contributed by atoms with E-state index in [0.717, 1.165) is 0 Å². The maximum atomic E-state index is 11.1. The molecule has 0 fully saturated rings. The van der Waals surface area contributed by atoms with Crippen LogP contribution in [-0.4, -0.2) is 25.9 Å². The molecule has 0 aliphatic carbocycles. The SMILES string of the molecule is CC1(C)Oc2ccc(C(N)=S)cc2C(Oc2ccc(=O)[nH]n2)=C1O. The molecule has 1 aliphatic heterocycles. The Balaban J connectivity index is 2.13. The van der Waals surface area contributed by atoms with Gasteiger partial charge in [-0.05, 0) is 32.0 Å². The zero-order chi connectivity index (χ0) is 17.5. The molecule has 2 heterocycles. The lowest BCUT2D eigenvalue weighted by atomic mass is 9.97. The molecular weight excluding hydrogens is 330 g/mol. The van der Waals surface area contributed by atoms with Gasteiger partial charge in [0, 0.05) is 17.7 Å². The highest BCUT2D eigenvalue weighted by Crippen LogP contribution is 2.40. The standard InChI is InChI=1S/C16H15N3O4S/c1-16(2)14(21)13(22-12-6-5-11(20)18-19-12)9-7-8(15(17)24)3-4-10(9)23-16/h3-7,21H,1-2H3,(H2,17,24)(H,18,20). The molecule has 0 bridgehead atoms. The van der Waals surface area contributed by atoms with E-state index >= 15 is 0 Å². The van der Waals surface area contributed by atoms with Gasteiger partial charge in [-0.25, -0.2) is 5.10 Å². The molecule has 1 aliphatic rings. The molecule has 3 rings (SSSR count). The van der Waals surface area contributed by atoms with Crippen molar-refractivity contribution in [1.29, 1.82) is 0 Å². The number of benzene rings is 1. The topological polar surface area (TPSA) is 110 Å². The predicted molar refractivity (Wildman–Crippen MR) is 92.1 cm³/mol. The molecule has 0 unspecified atom stereocenters. The Morgan fingerprint density at radius 2 is 2.12 bits per heavy atom. The summed E-state index contributed by atoms with van der Waals surface area (Å²) in [6.45, 7) is 3.41. The number of hydrogen-bond acceptors (Lipinski definition) is 6. The normalized spacial score (nSPS) is 15.4. The first kappa shape index (κ1) is 16.0. The summed E-state index contributed by atoms with van der Waals surface area (Å²) in [6.07, 6.45) is 0. The molecule has 0 atom stereocenters. The fourth-order valence-corrected chi connectivity index (χ4v) is 2.40. The van der Waals surface area contributed by atoms with Crippen molar-refractivity contribution in [2.24, 2.45) is 5.73 Å².